The molecule has 6 aromatic rings. The number of hydrogen-bond donors (Lipinski definition) is 2. The molecule has 0 bridgehead atoms. The van der Waals surface area contributed by atoms with Gasteiger partial charge in [0.05, 0.1) is 11.3 Å². The minimum atomic E-state index is -1.24. The smallest absolute Gasteiger partial charge is 0.326 e. The average Bonchev–Trinajstić information content (AvgIpc) is 3.21. The number of rotatable bonds is 15. The van der Waals surface area contributed by atoms with Crippen molar-refractivity contribution in [1.29, 1.82) is 0 Å². The highest BCUT2D eigenvalue weighted by Gasteiger charge is 2.28. The van der Waals surface area contributed by atoms with Gasteiger partial charge in [-0.3, -0.25) is 9.59 Å². The molecular formula is C46H41BrN2O6. The van der Waals surface area contributed by atoms with Crippen molar-refractivity contribution in [3.63, 3.8) is 0 Å². The fourth-order valence-electron chi connectivity index (χ4n) is 6.00. The van der Waals surface area contributed by atoms with Crippen molar-refractivity contribution in [3.8, 4) is 34.1 Å². The molecule has 0 spiro atoms. The Morgan fingerprint density at radius 1 is 0.727 bits per heavy atom. The van der Waals surface area contributed by atoms with Crippen molar-refractivity contribution < 1.29 is 29.0 Å². The molecule has 55 heavy (non-hydrogen) atoms. The molecule has 0 aliphatic rings. The number of carbonyl (C=O) groups is 3. The third-order valence-corrected chi connectivity index (χ3v) is 9.67. The van der Waals surface area contributed by atoms with Crippen LogP contribution in [0, 0.1) is 5.92 Å². The molecule has 2 atom stereocenters. The molecule has 0 fully saturated rings. The van der Waals surface area contributed by atoms with Crippen molar-refractivity contribution in [2.24, 2.45) is 5.92 Å². The fourth-order valence-corrected chi connectivity index (χ4v) is 6.37. The van der Waals surface area contributed by atoms with Gasteiger partial charge in [-0.2, -0.15) is 0 Å². The van der Waals surface area contributed by atoms with E-state index in [2.05, 4.69) is 21.2 Å². The van der Waals surface area contributed by atoms with Crippen molar-refractivity contribution in [1.82, 2.24) is 5.32 Å². The van der Waals surface area contributed by atoms with Crippen LogP contribution in [0.5, 0.6) is 23.0 Å². The van der Waals surface area contributed by atoms with E-state index in [1.807, 2.05) is 123 Å². The number of nitrogens with one attached hydrogen (secondary N) is 1. The van der Waals surface area contributed by atoms with Gasteiger partial charge in [0.2, 0.25) is 0 Å². The standard InChI is InChI=1S/C46H41BrN2O6/c1-3-31(2)30-49(45(51)34-22-25-38(26-23-34)54-36-12-6-4-7-13-36)42-27-24-35(47)29-40(42)44(50)48-41(46(52)53)28-32-18-20-33(21-19-32)39-16-10-11-17-43(39)55-37-14-8-5-9-15-37/h4-27,29,31,41H,3,28,30H2,1-2H3,(H,48,50)(H,52,53)/t31?,41-/m0/s1. The van der Waals surface area contributed by atoms with Crippen molar-refractivity contribution in [2.75, 3.05) is 11.4 Å². The average molecular weight is 798 g/mol. The Morgan fingerprint density at radius 3 is 1.96 bits per heavy atom. The first kappa shape index (κ1) is 38.5. The van der Waals surface area contributed by atoms with Crippen LogP contribution >= 0.6 is 15.9 Å². The summed E-state index contributed by atoms with van der Waals surface area (Å²) in [6.45, 7) is 4.42. The first-order chi connectivity index (χ1) is 26.7. The maximum Gasteiger partial charge on any atom is 0.326 e. The highest BCUT2D eigenvalue weighted by Crippen LogP contribution is 2.34. The highest BCUT2D eigenvalue weighted by molar-refractivity contribution is 9.10. The summed E-state index contributed by atoms with van der Waals surface area (Å²) in [7, 11) is 0. The number of carbonyl (C=O) groups excluding carboxylic acids is 2. The lowest BCUT2D eigenvalue weighted by Crippen LogP contribution is -2.43. The number of carboxylic acids is 1. The van der Waals surface area contributed by atoms with Crippen LogP contribution in [0.25, 0.3) is 11.1 Å². The molecule has 9 heteroatoms. The second kappa shape index (κ2) is 18.2. The van der Waals surface area contributed by atoms with E-state index in [0.29, 0.717) is 39.5 Å². The lowest BCUT2D eigenvalue weighted by atomic mass is 9.99. The van der Waals surface area contributed by atoms with Gasteiger partial charge in [0.15, 0.2) is 0 Å². The van der Waals surface area contributed by atoms with Crippen LogP contribution in [-0.2, 0) is 11.2 Å². The molecule has 6 aromatic carbocycles. The number of nitrogens with zero attached hydrogens (tertiary/aromatic N) is 1. The van der Waals surface area contributed by atoms with E-state index in [-0.39, 0.29) is 23.8 Å². The van der Waals surface area contributed by atoms with E-state index in [4.69, 9.17) is 9.47 Å². The number of ether oxygens (including phenoxy) is 2. The molecule has 8 nitrogen and oxygen atoms in total. The molecule has 0 saturated heterocycles. The Bertz CT molecular complexity index is 2230. The van der Waals surface area contributed by atoms with Crippen molar-refractivity contribution in [3.05, 3.63) is 173 Å². The molecule has 2 N–H and O–H groups in total. The molecular weight excluding hydrogens is 756 g/mol. The first-order valence-electron chi connectivity index (χ1n) is 18.1. The highest BCUT2D eigenvalue weighted by atomic mass is 79.9. The van der Waals surface area contributed by atoms with Crippen LogP contribution in [-0.4, -0.2) is 35.5 Å². The molecule has 278 valence electrons. The molecule has 6 rings (SSSR count). The van der Waals surface area contributed by atoms with E-state index >= 15 is 0 Å². The number of benzene rings is 6. The van der Waals surface area contributed by atoms with Crippen LogP contribution in [0.15, 0.2) is 156 Å². The number of carboxylic acid groups (broad SMARTS) is 1. The lowest BCUT2D eigenvalue weighted by Gasteiger charge is -2.28. The minimum absolute atomic E-state index is 0.0414. The van der Waals surface area contributed by atoms with Crippen LogP contribution < -0.4 is 19.7 Å². The third kappa shape index (κ3) is 10.1. The summed E-state index contributed by atoms with van der Waals surface area (Å²) in [6.07, 6.45) is 0.844. The number of amides is 2. The largest absolute Gasteiger partial charge is 0.480 e. The SMILES string of the molecule is CCC(C)CN(C(=O)c1ccc(Oc2ccccc2)cc1)c1ccc(Br)cc1C(=O)N[C@@H](Cc1ccc(-c2ccccc2Oc2ccccc2)cc1)C(=O)O. The molecule has 0 aliphatic carbocycles. The summed E-state index contributed by atoms with van der Waals surface area (Å²) in [5.74, 6) is 0.688. The van der Waals surface area contributed by atoms with Gasteiger partial charge < -0.3 is 24.8 Å². The maximum absolute atomic E-state index is 14.2. The molecule has 2 amide bonds. The number of halogens is 1. The molecule has 0 aliphatic heterocycles. The summed E-state index contributed by atoms with van der Waals surface area (Å²) in [6, 6.07) is 44.8. The van der Waals surface area contributed by atoms with Gasteiger partial charge in [0.1, 0.15) is 29.0 Å². The summed E-state index contributed by atoms with van der Waals surface area (Å²) in [5, 5.41) is 13.0. The van der Waals surface area contributed by atoms with E-state index in [9.17, 15) is 19.5 Å². The van der Waals surface area contributed by atoms with Crippen LogP contribution in [0.2, 0.25) is 0 Å². The quantitative estimate of drug-likeness (QED) is 0.107. The van der Waals surface area contributed by atoms with Crippen LogP contribution in [0.3, 0.4) is 0 Å². The zero-order valence-electron chi connectivity index (χ0n) is 30.5. The molecule has 0 radical (unpaired) electrons. The Morgan fingerprint density at radius 2 is 1.33 bits per heavy atom. The lowest BCUT2D eigenvalue weighted by molar-refractivity contribution is -0.139. The maximum atomic E-state index is 14.2. The van der Waals surface area contributed by atoms with Crippen molar-refractivity contribution >= 4 is 39.4 Å². The van der Waals surface area contributed by atoms with Gasteiger partial charge in [-0.25, -0.2) is 4.79 Å². The Labute approximate surface area is 329 Å². The van der Waals surface area contributed by atoms with Gasteiger partial charge in [0.25, 0.3) is 11.8 Å². The Balaban J connectivity index is 1.21. The van der Waals surface area contributed by atoms with E-state index in [1.165, 1.54) is 0 Å². The van der Waals surface area contributed by atoms with Gasteiger partial charge in [0, 0.05) is 28.6 Å². The summed E-state index contributed by atoms with van der Waals surface area (Å²) < 4.78 is 12.7. The number of hydrogen-bond acceptors (Lipinski definition) is 5. The topological polar surface area (TPSA) is 105 Å². The predicted octanol–water partition coefficient (Wildman–Crippen LogP) is 10.8. The Kier molecular flexibility index (Phi) is 12.8. The molecule has 1 unspecified atom stereocenters. The molecule has 0 aromatic heterocycles. The molecule has 0 saturated carbocycles. The fraction of sp³-hybridized carbons (Fsp3) is 0.152. The zero-order valence-corrected chi connectivity index (χ0v) is 32.1. The van der Waals surface area contributed by atoms with Gasteiger partial charge in [-0.15, -0.1) is 0 Å². The predicted molar refractivity (Wildman–Crippen MR) is 219 cm³/mol. The third-order valence-electron chi connectivity index (χ3n) is 9.18. The van der Waals surface area contributed by atoms with Crippen LogP contribution in [0.4, 0.5) is 5.69 Å². The first-order valence-corrected chi connectivity index (χ1v) is 18.9. The molecule has 0 heterocycles. The number of anilines is 1. The zero-order chi connectivity index (χ0) is 38.7. The van der Waals surface area contributed by atoms with E-state index < -0.39 is 17.9 Å². The van der Waals surface area contributed by atoms with Gasteiger partial charge in [-0.05, 0) is 89.8 Å². The second-order valence-corrected chi connectivity index (χ2v) is 14.1. The van der Waals surface area contributed by atoms with Crippen molar-refractivity contribution in [2.45, 2.75) is 32.7 Å². The van der Waals surface area contributed by atoms with Crippen LogP contribution in [0.1, 0.15) is 46.5 Å². The Hall–Kier alpha value is -6.19. The second-order valence-electron chi connectivity index (χ2n) is 13.2. The monoisotopic (exact) mass is 796 g/mol. The normalized spacial score (nSPS) is 11.9. The van der Waals surface area contributed by atoms with E-state index in [0.717, 1.165) is 28.9 Å². The number of para-hydroxylation sites is 3. The van der Waals surface area contributed by atoms with E-state index in [1.54, 1.807) is 47.4 Å². The summed E-state index contributed by atoms with van der Waals surface area (Å²) >= 11 is 3.47. The summed E-state index contributed by atoms with van der Waals surface area (Å²) in [5.41, 5.74) is 3.47. The number of aliphatic carboxylic acids is 1. The van der Waals surface area contributed by atoms with Gasteiger partial charge in [-0.1, -0.05) is 115 Å². The van der Waals surface area contributed by atoms with Gasteiger partial charge >= 0.3 is 5.97 Å². The summed E-state index contributed by atoms with van der Waals surface area (Å²) in [4.78, 5) is 42.4. The minimum Gasteiger partial charge on any atom is -0.480 e.